The van der Waals surface area contributed by atoms with Crippen molar-refractivity contribution < 1.29 is 8.42 Å². The molecule has 0 unspecified atom stereocenters. The fourth-order valence-electron chi connectivity index (χ4n) is 1.51. The maximum absolute atomic E-state index is 12.0. The van der Waals surface area contributed by atoms with E-state index >= 15 is 0 Å². The summed E-state index contributed by atoms with van der Waals surface area (Å²) in [6, 6.07) is 4.74. The van der Waals surface area contributed by atoms with Crippen molar-refractivity contribution in [2.45, 2.75) is 31.2 Å². The molecular weight excluding hydrogens is 272 g/mol. The van der Waals surface area contributed by atoms with E-state index in [0.717, 1.165) is 18.4 Å². The minimum Gasteiger partial charge on any atom is -0.316 e. The Bertz CT molecular complexity index is 489. The van der Waals surface area contributed by atoms with Crippen molar-refractivity contribution in [3.8, 4) is 0 Å². The van der Waals surface area contributed by atoms with Gasteiger partial charge in [0.2, 0.25) is 10.0 Å². The quantitative estimate of drug-likeness (QED) is 0.757. The fourth-order valence-corrected chi connectivity index (χ4v) is 2.82. The summed E-state index contributed by atoms with van der Waals surface area (Å²) in [6.45, 7) is 3.02. The van der Waals surface area contributed by atoms with Crippen molar-refractivity contribution in [3.05, 3.63) is 28.8 Å². The SMILES string of the molecule is CCCCNS(=O)(=O)c1ccc(Cl)c(CNC)c1. The van der Waals surface area contributed by atoms with Crippen LogP contribution >= 0.6 is 11.6 Å². The smallest absolute Gasteiger partial charge is 0.240 e. The highest BCUT2D eigenvalue weighted by molar-refractivity contribution is 7.89. The molecule has 2 N–H and O–H groups in total. The van der Waals surface area contributed by atoms with Gasteiger partial charge in [-0.15, -0.1) is 0 Å². The summed E-state index contributed by atoms with van der Waals surface area (Å²) in [5.41, 5.74) is 0.775. The van der Waals surface area contributed by atoms with Gasteiger partial charge in [-0.3, -0.25) is 0 Å². The minimum atomic E-state index is -3.43. The maximum atomic E-state index is 12.0. The lowest BCUT2D eigenvalue weighted by Crippen LogP contribution is -2.25. The van der Waals surface area contributed by atoms with Crippen LogP contribution < -0.4 is 10.0 Å². The molecule has 0 saturated heterocycles. The van der Waals surface area contributed by atoms with Gasteiger partial charge in [-0.25, -0.2) is 13.1 Å². The second kappa shape index (κ2) is 7.09. The van der Waals surface area contributed by atoms with Crippen LogP contribution in [0.4, 0.5) is 0 Å². The molecule has 4 nitrogen and oxygen atoms in total. The first kappa shape index (κ1) is 15.4. The molecular formula is C12H19ClN2O2S. The predicted molar refractivity (Wildman–Crippen MR) is 74.3 cm³/mol. The molecule has 18 heavy (non-hydrogen) atoms. The molecule has 0 aliphatic carbocycles. The van der Waals surface area contributed by atoms with Crippen molar-refractivity contribution in [2.75, 3.05) is 13.6 Å². The summed E-state index contributed by atoms with van der Waals surface area (Å²) in [4.78, 5) is 0.258. The van der Waals surface area contributed by atoms with Gasteiger partial charge in [0.15, 0.2) is 0 Å². The molecule has 0 aliphatic heterocycles. The van der Waals surface area contributed by atoms with Crippen LogP contribution in [0.15, 0.2) is 23.1 Å². The van der Waals surface area contributed by atoms with Crippen LogP contribution in [0.1, 0.15) is 25.3 Å². The van der Waals surface area contributed by atoms with Gasteiger partial charge in [-0.1, -0.05) is 24.9 Å². The average Bonchev–Trinajstić information content (AvgIpc) is 2.32. The van der Waals surface area contributed by atoms with E-state index in [1.54, 1.807) is 19.2 Å². The van der Waals surface area contributed by atoms with Gasteiger partial charge < -0.3 is 5.32 Å². The van der Waals surface area contributed by atoms with E-state index in [2.05, 4.69) is 10.0 Å². The maximum Gasteiger partial charge on any atom is 0.240 e. The van der Waals surface area contributed by atoms with E-state index in [-0.39, 0.29) is 4.90 Å². The van der Waals surface area contributed by atoms with Gasteiger partial charge in [0.1, 0.15) is 0 Å². The van der Waals surface area contributed by atoms with E-state index in [0.29, 0.717) is 18.1 Å². The lowest BCUT2D eigenvalue weighted by molar-refractivity contribution is 0.578. The second-order valence-corrected chi connectivity index (χ2v) is 6.21. The van der Waals surface area contributed by atoms with Gasteiger partial charge in [-0.2, -0.15) is 0 Å². The monoisotopic (exact) mass is 290 g/mol. The first-order valence-electron chi connectivity index (χ1n) is 5.94. The molecule has 1 aromatic carbocycles. The van der Waals surface area contributed by atoms with E-state index < -0.39 is 10.0 Å². The first-order valence-corrected chi connectivity index (χ1v) is 7.80. The number of sulfonamides is 1. The Morgan fingerprint density at radius 1 is 1.33 bits per heavy atom. The third-order valence-electron chi connectivity index (χ3n) is 2.52. The van der Waals surface area contributed by atoms with Gasteiger partial charge in [-0.05, 0) is 37.2 Å². The summed E-state index contributed by atoms with van der Waals surface area (Å²) in [5, 5.41) is 3.52. The molecule has 0 heterocycles. The van der Waals surface area contributed by atoms with E-state index in [9.17, 15) is 8.42 Å². The summed E-state index contributed by atoms with van der Waals surface area (Å²) in [6.07, 6.45) is 1.78. The first-order chi connectivity index (χ1) is 8.51. The fraction of sp³-hybridized carbons (Fsp3) is 0.500. The van der Waals surface area contributed by atoms with Gasteiger partial charge in [0.25, 0.3) is 0 Å². The molecule has 1 rings (SSSR count). The minimum absolute atomic E-state index is 0.258. The number of nitrogens with one attached hydrogen (secondary N) is 2. The van der Waals surface area contributed by atoms with Crippen molar-refractivity contribution in [3.63, 3.8) is 0 Å². The Morgan fingerprint density at radius 2 is 2.06 bits per heavy atom. The summed E-state index contributed by atoms with van der Waals surface area (Å²) in [5.74, 6) is 0. The number of halogens is 1. The van der Waals surface area contributed by atoms with E-state index in [4.69, 9.17) is 11.6 Å². The van der Waals surface area contributed by atoms with Crippen LogP contribution in [0.2, 0.25) is 5.02 Å². The molecule has 0 fully saturated rings. The molecule has 0 aliphatic rings. The molecule has 0 radical (unpaired) electrons. The molecule has 6 heteroatoms. The Morgan fingerprint density at radius 3 is 2.67 bits per heavy atom. The molecule has 0 spiro atoms. The van der Waals surface area contributed by atoms with Crippen LogP contribution in [0.25, 0.3) is 0 Å². The van der Waals surface area contributed by atoms with Gasteiger partial charge in [0, 0.05) is 18.1 Å². The summed E-state index contributed by atoms with van der Waals surface area (Å²) in [7, 11) is -1.64. The molecule has 102 valence electrons. The van der Waals surface area contributed by atoms with Crippen LogP contribution in [-0.4, -0.2) is 22.0 Å². The van der Waals surface area contributed by atoms with Crippen LogP contribution in [-0.2, 0) is 16.6 Å². The highest BCUT2D eigenvalue weighted by atomic mass is 35.5. The van der Waals surface area contributed by atoms with Crippen molar-refractivity contribution in [1.82, 2.24) is 10.0 Å². The van der Waals surface area contributed by atoms with Crippen molar-refractivity contribution in [1.29, 1.82) is 0 Å². The number of benzene rings is 1. The largest absolute Gasteiger partial charge is 0.316 e. The Kier molecular flexibility index (Phi) is 6.08. The number of rotatable bonds is 7. The van der Waals surface area contributed by atoms with Gasteiger partial charge >= 0.3 is 0 Å². The van der Waals surface area contributed by atoms with Crippen LogP contribution in [0, 0.1) is 0 Å². The highest BCUT2D eigenvalue weighted by Gasteiger charge is 2.14. The molecule has 0 amide bonds. The molecule has 1 aromatic rings. The summed E-state index contributed by atoms with van der Waals surface area (Å²) >= 11 is 6.00. The predicted octanol–water partition coefficient (Wildman–Crippen LogP) is 2.14. The molecule has 0 atom stereocenters. The topological polar surface area (TPSA) is 58.2 Å². The van der Waals surface area contributed by atoms with E-state index in [1.165, 1.54) is 6.07 Å². The van der Waals surface area contributed by atoms with Crippen LogP contribution in [0.3, 0.4) is 0 Å². The Balaban J connectivity index is 2.91. The molecule has 0 aromatic heterocycles. The van der Waals surface area contributed by atoms with E-state index in [1.807, 2.05) is 6.92 Å². The third-order valence-corrected chi connectivity index (χ3v) is 4.34. The van der Waals surface area contributed by atoms with Crippen molar-refractivity contribution >= 4 is 21.6 Å². The normalized spacial score (nSPS) is 11.7. The van der Waals surface area contributed by atoms with Crippen LogP contribution in [0.5, 0.6) is 0 Å². The zero-order valence-corrected chi connectivity index (χ0v) is 12.2. The van der Waals surface area contributed by atoms with Crippen molar-refractivity contribution in [2.24, 2.45) is 0 Å². The average molecular weight is 291 g/mol. The number of hydrogen-bond acceptors (Lipinski definition) is 3. The standard InChI is InChI=1S/C12H19ClN2O2S/c1-3-4-7-15-18(16,17)11-5-6-12(13)10(8-11)9-14-2/h5-6,8,14-15H,3-4,7,9H2,1-2H3. The zero-order chi connectivity index (χ0) is 13.6. The molecule has 0 bridgehead atoms. The Labute approximate surface area is 114 Å². The number of unbranched alkanes of at least 4 members (excludes halogenated alkanes) is 1. The van der Waals surface area contributed by atoms with Gasteiger partial charge in [0.05, 0.1) is 4.90 Å². The third kappa shape index (κ3) is 4.24. The Hall–Kier alpha value is -0.620. The highest BCUT2D eigenvalue weighted by Crippen LogP contribution is 2.20. The second-order valence-electron chi connectivity index (χ2n) is 4.03. The molecule has 0 saturated carbocycles. The summed E-state index contributed by atoms with van der Waals surface area (Å²) < 4.78 is 26.6. The lowest BCUT2D eigenvalue weighted by Gasteiger charge is -2.09. The number of hydrogen-bond donors (Lipinski definition) is 2. The lowest BCUT2D eigenvalue weighted by atomic mass is 10.2. The zero-order valence-electron chi connectivity index (χ0n) is 10.7.